The van der Waals surface area contributed by atoms with E-state index in [0.29, 0.717) is 28.3 Å². The van der Waals surface area contributed by atoms with E-state index in [4.69, 9.17) is 4.74 Å². The Hall–Kier alpha value is -3.59. The third-order valence-electron chi connectivity index (χ3n) is 7.82. The zero-order chi connectivity index (χ0) is 28.9. The standard InChI is InChI=1S/C31H36F3N3O3/c1-21-14-20-37(39)23(3)28(21)30(38)35-17-13-22(2)36-18-15-25(16-19-36)29(40-27-7-5-4-6-8-27)24-9-11-26(12-10-24)31(32,33)34/h4-12,14,20,22,25,29H,13,15-19H2,1-3H3,(H,35,38). The molecule has 2 unspecified atom stereocenters. The third kappa shape index (κ3) is 7.13. The number of benzene rings is 2. The lowest BCUT2D eigenvalue weighted by Crippen LogP contribution is -2.43. The van der Waals surface area contributed by atoms with Crippen LogP contribution in [0.1, 0.15) is 65.0 Å². The van der Waals surface area contributed by atoms with Crippen molar-refractivity contribution in [1.29, 1.82) is 0 Å². The Morgan fingerprint density at radius 1 is 1.07 bits per heavy atom. The lowest BCUT2D eigenvalue weighted by Gasteiger charge is -2.39. The Labute approximate surface area is 233 Å². The van der Waals surface area contributed by atoms with Gasteiger partial charge in [0, 0.05) is 31.5 Å². The minimum Gasteiger partial charge on any atom is -0.618 e. The molecule has 9 heteroatoms. The predicted octanol–water partition coefficient (Wildman–Crippen LogP) is 6.00. The molecule has 2 aromatic carbocycles. The molecule has 2 atom stereocenters. The van der Waals surface area contributed by atoms with Gasteiger partial charge < -0.3 is 20.2 Å². The fraction of sp³-hybridized carbons (Fsp3) is 0.419. The van der Waals surface area contributed by atoms with Gasteiger partial charge in [-0.15, -0.1) is 0 Å². The first kappa shape index (κ1) is 29.4. The van der Waals surface area contributed by atoms with Gasteiger partial charge in [0.15, 0.2) is 6.20 Å². The maximum atomic E-state index is 13.1. The summed E-state index contributed by atoms with van der Waals surface area (Å²) in [5, 5.41) is 14.8. The summed E-state index contributed by atoms with van der Waals surface area (Å²) in [6, 6.07) is 16.5. The van der Waals surface area contributed by atoms with Crippen LogP contribution in [0.5, 0.6) is 5.75 Å². The van der Waals surface area contributed by atoms with Crippen LogP contribution in [-0.4, -0.2) is 36.5 Å². The van der Waals surface area contributed by atoms with Crippen molar-refractivity contribution in [3.8, 4) is 5.75 Å². The molecule has 1 aliphatic rings. The van der Waals surface area contributed by atoms with Crippen molar-refractivity contribution < 1.29 is 27.4 Å². The van der Waals surface area contributed by atoms with Gasteiger partial charge in [0.2, 0.25) is 5.69 Å². The number of rotatable bonds is 9. The Morgan fingerprint density at radius 3 is 2.35 bits per heavy atom. The van der Waals surface area contributed by atoms with E-state index in [-0.39, 0.29) is 24.0 Å². The summed E-state index contributed by atoms with van der Waals surface area (Å²) in [6.07, 6.45) is -0.918. The van der Waals surface area contributed by atoms with Gasteiger partial charge in [-0.1, -0.05) is 30.3 Å². The lowest BCUT2D eigenvalue weighted by molar-refractivity contribution is -0.612. The van der Waals surface area contributed by atoms with Gasteiger partial charge in [-0.2, -0.15) is 17.9 Å². The number of para-hydroxylation sites is 1. The van der Waals surface area contributed by atoms with Gasteiger partial charge >= 0.3 is 6.18 Å². The van der Waals surface area contributed by atoms with Gasteiger partial charge in [0.1, 0.15) is 17.4 Å². The quantitative estimate of drug-likeness (QED) is 0.260. The Bertz CT molecular complexity index is 1270. The van der Waals surface area contributed by atoms with Crippen LogP contribution < -0.4 is 14.8 Å². The Kier molecular flexibility index (Phi) is 9.35. The number of piperidine rings is 1. The normalized spacial score (nSPS) is 16.4. The van der Waals surface area contributed by atoms with Crippen LogP contribution in [0.2, 0.25) is 0 Å². The summed E-state index contributed by atoms with van der Waals surface area (Å²) < 4.78 is 46.5. The smallest absolute Gasteiger partial charge is 0.416 e. The van der Waals surface area contributed by atoms with Crippen molar-refractivity contribution in [2.24, 2.45) is 5.92 Å². The molecular formula is C31H36F3N3O3. The average molecular weight is 556 g/mol. The number of pyridine rings is 1. The van der Waals surface area contributed by atoms with Gasteiger partial charge in [-0.05, 0) is 81.6 Å². The van der Waals surface area contributed by atoms with Crippen molar-refractivity contribution in [1.82, 2.24) is 10.2 Å². The number of amides is 1. The number of aryl methyl sites for hydroxylation is 1. The molecule has 1 aromatic heterocycles. The van der Waals surface area contributed by atoms with Crippen molar-refractivity contribution in [2.45, 2.75) is 58.4 Å². The van der Waals surface area contributed by atoms with E-state index in [0.717, 1.165) is 55.6 Å². The SMILES string of the molecule is Cc1cc[n+]([O-])c(C)c1C(=O)NCCC(C)N1CCC(C(Oc2ccccc2)c2ccc(C(F)(F)F)cc2)CC1. The average Bonchev–Trinajstić information content (AvgIpc) is 2.94. The number of aromatic nitrogens is 1. The molecule has 0 spiro atoms. The highest BCUT2D eigenvalue weighted by Gasteiger charge is 2.33. The molecule has 1 amide bonds. The summed E-state index contributed by atoms with van der Waals surface area (Å²) >= 11 is 0. The van der Waals surface area contributed by atoms with E-state index in [1.165, 1.54) is 18.3 Å². The molecular weight excluding hydrogens is 519 g/mol. The van der Waals surface area contributed by atoms with Crippen LogP contribution in [0.15, 0.2) is 66.9 Å². The number of nitrogens with zero attached hydrogens (tertiary/aromatic N) is 2. The molecule has 0 aliphatic carbocycles. The second-order valence-electron chi connectivity index (χ2n) is 10.5. The zero-order valence-electron chi connectivity index (χ0n) is 23.1. The summed E-state index contributed by atoms with van der Waals surface area (Å²) in [4.78, 5) is 15.1. The van der Waals surface area contributed by atoms with Crippen LogP contribution >= 0.6 is 0 Å². The number of alkyl halides is 3. The molecule has 1 aliphatic heterocycles. The molecule has 40 heavy (non-hydrogen) atoms. The van der Waals surface area contributed by atoms with Crippen LogP contribution in [0.25, 0.3) is 0 Å². The van der Waals surface area contributed by atoms with Crippen LogP contribution in [0.3, 0.4) is 0 Å². The van der Waals surface area contributed by atoms with Crippen LogP contribution in [0, 0.1) is 25.0 Å². The van der Waals surface area contributed by atoms with Crippen molar-refractivity contribution in [3.05, 3.63) is 100 Å². The number of nitrogens with one attached hydrogen (secondary N) is 1. The first-order valence-corrected chi connectivity index (χ1v) is 13.6. The van der Waals surface area contributed by atoms with Gasteiger partial charge in [-0.25, -0.2) is 0 Å². The van der Waals surface area contributed by atoms with Crippen LogP contribution in [0.4, 0.5) is 13.2 Å². The number of hydrogen-bond acceptors (Lipinski definition) is 4. The van der Waals surface area contributed by atoms with Crippen molar-refractivity contribution in [3.63, 3.8) is 0 Å². The summed E-state index contributed by atoms with van der Waals surface area (Å²) in [5.41, 5.74) is 1.62. The molecule has 1 N–H and O–H groups in total. The number of carbonyl (C=O) groups excluding carboxylic acids is 1. The number of ether oxygens (including phenoxy) is 1. The molecule has 1 fully saturated rings. The molecule has 6 nitrogen and oxygen atoms in total. The molecule has 4 rings (SSSR count). The highest BCUT2D eigenvalue weighted by atomic mass is 19.4. The minimum atomic E-state index is -4.38. The van der Waals surface area contributed by atoms with E-state index >= 15 is 0 Å². The third-order valence-corrected chi connectivity index (χ3v) is 7.82. The van der Waals surface area contributed by atoms with E-state index in [1.54, 1.807) is 13.0 Å². The molecule has 0 saturated carbocycles. The maximum Gasteiger partial charge on any atom is 0.416 e. The molecule has 214 valence electrons. The Balaban J connectivity index is 1.35. The second kappa shape index (κ2) is 12.7. The maximum absolute atomic E-state index is 13.1. The van der Waals surface area contributed by atoms with E-state index in [1.807, 2.05) is 37.3 Å². The second-order valence-corrected chi connectivity index (χ2v) is 10.5. The predicted molar refractivity (Wildman–Crippen MR) is 147 cm³/mol. The minimum absolute atomic E-state index is 0.142. The number of likely N-dealkylation sites (tertiary alicyclic amines) is 1. The van der Waals surface area contributed by atoms with Crippen molar-refractivity contribution >= 4 is 5.91 Å². The van der Waals surface area contributed by atoms with E-state index in [9.17, 15) is 23.2 Å². The Morgan fingerprint density at radius 2 is 1.73 bits per heavy atom. The molecule has 3 aromatic rings. The largest absolute Gasteiger partial charge is 0.618 e. The zero-order valence-corrected chi connectivity index (χ0v) is 23.1. The first-order chi connectivity index (χ1) is 19.0. The highest BCUT2D eigenvalue weighted by Crippen LogP contribution is 2.37. The van der Waals surface area contributed by atoms with E-state index in [2.05, 4.69) is 17.1 Å². The number of hydrogen-bond donors (Lipinski definition) is 1. The van der Waals surface area contributed by atoms with Crippen LogP contribution in [-0.2, 0) is 6.18 Å². The van der Waals surface area contributed by atoms with E-state index < -0.39 is 11.7 Å². The van der Waals surface area contributed by atoms with Gasteiger partial charge in [0.05, 0.1) is 5.56 Å². The highest BCUT2D eigenvalue weighted by molar-refractivity contribution is 5.96. The molecule has 1 saturated heterocycles. The molecule has 0 radical (unpaired) electrons. The monoisotopic (exact) mass is 555 g/mol. The number of carbonyl (C=O) groups is 1. The molecule has 0 bridgehead atoms. The van der Waals surface area contributed by atoms with Gasteiger partial charge in [0.25, 0.3) is 5.91 Å². The number of halogens is 3. The van der Waals surface area contributed by atoms with Gasteiger partial charge in [-0.3, -0.25) is 4.79 Å². The van der Waals surface area contributed by atoms with Crippen molar-refractivity contribution in [2.75, 3.05) is 19.6 Å². The lowest BCUT2D eigenvalue weighted by atomic mass is 9.86. The summed E-state index contributed by atoms with van der Waals surface area (Å²) in [5.74, 6) is 0.580. The first-order valence-electron chi connectivity index (χ1n) is 13.6. The molecule has 2 heterocycles. The summed E-state index contributed by atoms with van der Waals surface area (Å²) in [7, 11) is 0. The summed E-state index contributed by atoms with van der Waals surface area (Å²) in [6.45, 7) is 7.71. The topological polar surface area (TPSA) is 68.5 Å². The fourth-order valence-electron chi connectivity index (χ4n) is 5.39. The fourth-order valence-corrected chi connectivity index (χ4v) is 5.39.